The maximum atomic E-state index is 12.2. The zero-order valence-corrected chi connectivity index (χ0v) is 14.6. The van der Waals surface area contributed by atoms with E-state index in [0.29, 0.717) is 12.1 Å². The number of urea groups is 1. The molecule has 24 heavy (non-hydrogen) atoms. The zero-order valence-electron chi connectivity index (χ0n) is 13.8. The van der Waals surface area contributed by atoms with E-state index in [1.165, 1.54) is 0 Å². The Hall–Kier alpha value is -2.12. The Kier molecular flexibility index (Phi) is 7.67. The van der Waals surface area contributed by atoms with Crippen LogP contribution < -0.4 is 16.0 Å². The van der Waals surface area contributed by atoms with Crippen molar-refractivity contribution in [3.8, 4) is 0 Å². The fourth-order valence-corrected chi connectivity index (χ4v) is 2.38. The maximum Gasteiger partial charge on any atom is 0.324 e. The summed E-state index contributed by atoms with van der Waals surface area (Å²) in [5, 5.41) is 8.55. The first-order valence-electron chi connectivity index (χ1n) is 7.70. The highest BCUT2D eigenvalue weighted by Gasteiger charge is 2.28. The summed E-state index contributed by atoms with van der Waals surface area (Å²) < 4.78 is 0. The third-order valence-electron chi connectivity index (χ3n) is 3.59. The van der Waals surface area contributed by atoms with E-state index in [9.17, 15) is 14.4 Å². The number of hydrogen-bond donors (Lipinski definition) is 3. The fraction of sp³-hybridized carbons (Fsp3) is 0.438. The van der Waals surface area contributed by atoms with E-state index in [4.69, 9.17) is 0 Å². The van der Waals surface area contributed by atoms with Crippen molar-refractivity contribution in [2.75, 3.05) is 19.6 Å². The van der Waals surface area contributed by atoms with Crippen LogP contribution in [-0.4, -0.2) is 48.4 Å². The van der Waals surface area contributed by atoms with Crippen molar-refractivity contribution in [2.24, 2.45) is 0 Å². The monoisotopic (exact) mass is 354 g/mol. The Morgan fingerprint density at radius 1 is 1.38 bits per heavy atom. The van der Waals surface area contributed by atoms with E-state index in [-0.39, 0.29) is 43.4 Å². The van der Waals surface area contributed by atoms with Gasteiger partial charge < -0.3 is 16.0 Å². The molecule has 0 spiro atoms. The minimum atomic E-state index is -0.399. The molecule has 1 atom stereocenters. The molecule has 1 saturated heterocycles. The van der Waals surface area contributed by atoms with Crippen LogP contribution in [0.15, 0.2) is 24.3 Å². The lowest BCUT2D eigenvalue weighted by atomic mass is 10.1. The molecule has 4 amide bonds. The molecule has 1 aliphatic rings. The Morgan fingerprint density at radius 2 is 2.12 bits per heavy atom. The quantitative estimate of drug-likeness (QED) is 0.634. The predicted molar refractivity (Wildman–Crippen MR) is 93.1 cm³/mol. The molecule has 0 bridgehead atoms. The van der Waals surface area contributed by atoms with E-state index in [2.05, 4.69) is 16.0 Å². The first kappa shape index (κ1) is 19.9. The second kappa shape index (κ2) is 9.24. The van der Waals surface area contributed by atoms with Crippen molar-refractivity contribution in [3.63, 3.8) is 0 Å². The van der Waals surface area contributed by atoms with Gasteiger partial charge in [0, 0.05) is 18.2 Å². The van der Waals surface area contributed by atoms with Gasteiger partial charge in [0.2, 0.25) is 5.91 Å². The number of hydrogen-bond acceptors (Lipinski definition) is 4. The highest BCUT2D eigenvalue weighted by atomic mass is 35.5. The normalized spacial score (nSPS) is 14.8. The summed E-state index contributed by atoms with van der Waals surface area (Å²) >= 11 is 0. The molecule has 0 unspecified atom stereocenters. The molecule has 1 heterocycles. The van der Waals surface area contributed by atoms with Gasteiger partial charge in [-0.05, 0) is 31.2 Å². The number of likely N-dealkylation sites (N-methyl/N-ethyl adjacent to an activating group) is 1. The standard InChI is InChI=1S/C16H22N4O3.ClH/c1-3-17-11(2)8-18-15(22)13-6-4-5-12(7-13)10-20-14(21)9-19-16(20)23;/h4-7,11,17H,3,8-10H2,1-2H3,(H,18,22)(H,19,23);1H/t11-;/m1./s1. The third-order valence-corrected chi connectivity index (χ3v) is 3.59. The number of carbonyl (C=O) groups excluding carboxylic acids is 3. The second-order valence-corrected chi connectivity index (χ2v) is 5.51. The largest absolute Gasteiger partial charge is 0.350 e. The lowest BCUT2D eigenvalue weighted by Crippen LogP contribution is -2.38. The predicted octanol–water partition coefficient (Wildman–Crippen LogP) is 0.888. The molecule has 3 N–H and O–H groups in total. The van der Waals surface area contributed by atoms with Crippen LogP contribution in [0.5, 0.6) is 0 Å². The Morgan fingerprint density at radius 3 is 2.75 bits per heavy atom. The van der Waals surface area contributed by atoms with Crippen molar-refractivity contribution in [1.29, 1.82) is 0 Å². The molecule has 1 aromatic carbocycles. The molecular weight excluding hydrogens is 332 g/mol. The summed E-state index contributed by atoms with van der Waals surface area (Å²) in [4.78, 5) is 36.5. The Labute approximate surface area is 147 Å². The van der Waals surface area contributed by atoms with Crippen LogP contribution in [0.4, 0.5) is 4.79 Å². The smallest absolute Gasteiger partial charge is 0.324 e. The second-order valence-electron chi connectivity index (χ2n) is 5.51. The summed E-state index contributed by atoms with van der Waals surface area (Å²) in [7, 11) is 0. The Bertz CT molecular complexity index is 593. The third kappa shape index (κ3) is 5.21. The molecule has 2 rings (SSSR count). The van der Waals surface area contributed by atoms with Crippen molar-refractivity contribution < 1.29 is 14.4 Å². The number of amides is 4. The highest BCUT2D eigenvalue weighted by molar-refractivity contribution is 6.02. The number of halogens is 1. The van der Waals surface area contributed by atoms with E-state index in [0.717, 1.165) is 17.0 Å². The minimum absolute atomic E-state index is 0. The Balaban J connectivity index is 0.00000288. The van der Waals surface area contributed by atoms with Gasteiger partial charge in [-0.2, -0.15) is 0 Å². The van der Waals surface area contributed by atoms with Gasteiger partial charge in [0.15, 0.2) is 0 Å². The van der Waals surface area contributed by atoms with Gasteiger partial charge in [0.1, 0.15) is 0 Å². The van der Waals surface area contributed by atoms with Gasteiger partial charge in [-0.25, -0.2) is 4.79 Å². The van der Waals surface area contributed by atoms with E-state index in [1.54, 1.807) is 24.3 Å². The lowest BCUT2D eigenvalue weighted by Gasteiger charge is -2.15. The van der Waals surface area contributed by atoms with Gasteiger partial charge in [-0.15, -0.1) is 12.4 Å². The molecule has 1 fully saturated rings. The van der Waals surface area contributed by atoms with Crippen molar-refractivity contribution in [3.05, 3.63) is 35.4 Å². The fourth-order valence-electron chi connectivity index (χ4n) is 2.38. The van der Waals surface area contributed by atoms with Crippen LogP contribution in [0.25, 0.3) is 0 Å². The van der Waals surface area contributed by atoms with E-state index >= 15 is 0 Å². The highest BCUT2D eigenvalue weighted by Crippen LogP contribution is 2.11. The molecule has 1 aliphatic heterocycles. The maximum absolute atomic E-state index is 12.2. The van der Waals surface area contributed by atoms with Crippen LogP contribution in [0.1, 0.15) is 29.8 Å². The summed E-state index contributed by atoms with van der Waals surface area (Å²) in [5.41, 5.74) is 1.25. The number of carbonyl (C=O) groups is 3. The molecule has 1 aromatic rings. The van der Waals surface area contributed by atoms with E-state index < -0.39 is 6.03 Å². The molecule has 0 aliphatic carbocycles. The molecule has 0 radical (unpaired) electrons. The van der Waals surface area contributed by atoms with Gasteiger partial charge in [0.25, 0.3) is 5.91 Å². The number of nitrogens with zero attached hydrogens (tertiary/aromatic N) is 1. The molecule has 7 nitrogen and oxygen atoms in total. The molecular formula is C16H23ClN4O3. The van der Waals surface area contributed by atoms with E-state index in [1.807, 2.05) is 13.8 Å². The van der Waals surface area contributed by atoms with Crippen molar-refractivity contribution in [1.82, 2.24) is 20.9 Å². The zero-order chi connectivity index (χ0) is 16.8. The van der Waals surface area contributed by atoms with Crippen LogP contribution in [0.3, 0.4) is 0 Å². The van der Waals surface area contributed by atoms with Crippen molar-refractivity contribution >= 4 is 30.3 Å². The molecule has 0 aromatic heterocycles. The topological polar surface area (TPSA) is 90.5 Å². The summed E-state index contributed by atoms with van der Waals surface area (Å²) in [6.45, 7) is 5.58. The number of rotatable bonds is 7. The number of imide groups is 1. The number of nitrogens with one attached hydrogen (secondary N) is 3. The first-order valence-corrected chi connectivity index (χ1v) is 7.70. The molecule has 132 valence electrons. The summed E-state index contributed by atoms with van der Waals surface area (Å²) in [6, 6.07) is 6.74. The van der Waals surface area contributed by atoms with Gasteiger partial charge in [-0.1, -0.05) is 19.1 Å². The average Bonchev–Trinajstić information content (AvgIpc) is 2.85. The van der Waals surface area contributed by atoms with Crippen molar-refractivity contribution in [2.45, 2.75) is 26.4 Å². The van der Waals surface area contributed by atoms with Gasteiger partial charge in [0.05, 0.1) is 13.1 Å². The SMILES string of the molecule is CCN[C@H](C)CNC(=O)c1cccc(CN2C(=O)CNC2=O)c1.Cl. The van der Waals surface area contributed by atoms with Gasteiger partial charge in [-0.3, -0.25) is 14.5 Å². The van der Waals surface area contributed by atoms with Crippen LogP contribution in [-0.2, 0) is 11.3 Å². The van der Waals surface area contributed by atoms with Crippen LogP contribution in [0, 0.1) is 0 Å². The average molecular weight is 355 g/mol. The van der Waals surface area contributed by atoms with Crippen LogP contribution >= 0.6 is 12.4 Å². The summed E-state index contributed by atoms with van der Waals surface area (Å²) in [6.07, 6.45) is 0. The molecule has 0 saturated carbocycles. The number of benzene rings is 1. The van der Waals surface area contributed by atoms with Crippen LogP contribution in [0.2, 0.25) is 0 Å². The molecule has 8 heteroatoms. The first-order chi connectivity index (χ1) is 11.0. The minimum Gasteiger partial charge on any atom is -0.350 e. The lowest BCUT2D eigenvalue weighted by molar-refractivity contribution is -0.125. The van der Waals surface area contributed by atoms with Gasteiger partial charge >= 0.3 is 6.03 Å². The summed E-state index contributed by atoms with van der Waals surface area (Å²) in [5.74, 6) is -0.432.